The Morgan fingerprint density at radius 1 is 0.871 bits per heavy atom. The fraction of sp³-hybridized carbons (Fsp3) is 0.500. The van der Waals surface area contributed by atoms with Crippen LogP contribution >= 0.6 is 0 Å². The first kappa shape index (κ1) is 21.3. The van der Waals surface area contributed by atoms with Crippen LogP contribution in [-0.4, -0.2) is 96.6 Å². The number of carbonyl (C=O) groups excluding carboxylic acids is 1. The van der Waals surface area contributed by atoms with Crippen LogP contribution in [0.3, 0.4) is 0 Å². The molecule has 2 aliphatic rings. The summed E-state index contributed by atoms with van der Waals surface area (Å²) in [5.74, 6) is 1.74. The zero-order valence-corrected chi connectivity index (χ0v) is 18.1. The lowest BCUT2D eigenvalue weighted by molar-refractivity contribution is 0.188. The zero-order chi connectivity index (χ0) is 21.6. The van der Waals surface area contributed by atoms with Crippen LogP contribution < -0.4 is 15.1 Å². The third-order valence-electron chi connectivity index (χ3n) is 5.94. The fourth-order valence-corrected chi connectivity index (χ4v) is 3.98. The molecule has 0 radical (unpaired) electrons. The van der Waals surface area contributed by atoms with Gasteiger partial charge in [0.15, 0.2) is 11.6 Å². The smallest absolute Gasteiger partial charge is 0.321 e. The van der Waals surface area contributed by atoms with Gasteiger partial charge in [-0.05, 0) is 31.2 Å². The van der Waals surface area contributed by atoms with Crippen LogP contribution in [0.2, 0.25) is 0 Å². The van der Waals surface area contributed by atoms with Gasteiger partial charge in [-0.2, -0.15) is 0 Å². The van der Waals surface area contributed by atoms with E-state index in [9.17, 15) is 4.79 Å². The van der Waals surface area contributed by atoms with Gasteiger partial charge in [-0.15, -0.1) is 10.2 Å². The van der Waals surface area contributed by atoms with E-state index in [1.807, 2.05) is 48.2 Å². The molecule has 0 unspecified atom stereocenters. The van der Waals surface area contributed by atoms with Gasteiger partial charge in [-0.25, -0.2) is 4.79 Å². The van der Waals surface area contributed by atoms with Crippen molar-refractivity contribution < 1.29 is 9.90 Å². The van der Waals surface area contributed by atoms with Crippen LogP contribution in [0, 0.1) is 6.92 Å². The molecular weight excluding hydrogens is 394 g/mol. The molecule has 2 saturated heterocycles. The third-order valence-corrected chi connectivity index (χ3v) is 5.94. The van der Waals surface area contributed by atoms with E-state index >= 15 is 0 Å². The van der Waals surface area contributed by atoms with Crippen molar-refractivity contribution in [3.63, 3.8) is 0 Å². The maximum atomic E-state index is 12.5. The highest BCUT2D eigenvalue weighted by Crippen LogP contribution is 2.18. The Morgan fingerprint density at radius 3 is 1.94 bits per heavy atom. The van der Waals surface area contributed by atoms with Gasteiger partial charge in [0.1, 0.15) is 0 Å². The molecule has 2 amide bonds. The molecule has 2 fully saturated rings. The third kappa shape index (κ3) is 5.42. The van der Waals surface area contributed by atoms with Crippen LogP contribution in [-0.2, 0) is 0 Å². The molecule has 1 aromatic carbocycles. The second kappa shape index (κ2) is 9.93. The molecule has 31 heavy (non-hydrogen) atoms. The molecule has 166 valence electrons. The summed E-state index contributed by atoms with van der Waals surface area (Å²) in [7, 11) is 0. The van der Waals surface area contributed by atoms with Crippen LogP contribution in [0.25, 0.3) is 0 Å². The average Bonchev–Trinajstić information content (AvgIpc) is 2.81. The molecule has 0 saturated carbocycles. The Hall–Kier alpha value is -2.91. The highest BCUT2D eigenvalue weighted by Gasteiger charge is 2.23. The van der Waals surface area contributed by atoms with Crippen molar-refractivity contribution in [1.82, 2.24) is 20.0 Å². The number of rotatable bonds is 5. The number of hydrogen-bond acceptors (Lipinski definition) is 7. The minimum Gasteiger partial charge on any atom is -0.395 e. The number of hydrogen-bond donors (Lipinski definition) is 2. The predicted molar refractivity (Wildman–Crippen MR) is 122 cm³/mol. The number of aryl methyl sites for hydroxylation is 1. The number of benzene rings is 1. The summed E-state index contributed by atoms with van der Waals surface area (Å²) in [6.45, 7) is 9.35. The number of aliphatic hydroxyl groups is 1. The molecule has 0 aliphatic carbocycles. The Morgan fingerprint density at radius 2 is 1.42 bits per heavy atom. The van der Waals surface area contributed by atoms with Crippen molar-refractivity contribution in [3.8, 4) is 0 Å². The van der Waals surface area contributed by atoms with E-state index in [1.54, 1.807) is 0 Å². The quantitative estimate of drug-likeness (QED) is 0.746. The number of piperazine rings is 2. The van der Waals surface area contributed by atoms with E-state index in [-0.39, 0.29) is 12.6 Å². The predicted octanol–water partition coefficient (Wildman–Crippen LogP) is 1.25. The molecule has 1 aromatic heterocycles. The van der Waals surface area contributed by atoms with Gasteiger partial charge < -0.3 is 25.1 Å². The largest absolute Gasteiger partial charge is 0.395 e. The first-order valence-electron chi connectivity index (χ1n) is 10.9. The molecule has 2 aliphatic heterocycles. The Balaban J connectivity index is 1.26. The number of β-amino-alcohol motifs (C(OH)–C–C–N with tert-alkyl or cyclic N) is 1. The minimum absolute atomic E-state index is 0.0646. The monoisotopic (exact) mass is 425 g/mol. The summed E-state index contributed by atoms with van der Waals surface area (Å²) >= 11 is 0. The van der Waals surface area contributed by atoms with E-state index in [0.29, 0.717) is 13.1 Å². The molecule has 0 atom stereocenters. The summed E-state index contributed by atoms with van der Waals surface area (Å²) < 4.78 is 0. The van der Waals surface area contributed by atoms with E-state index in [4.69, 9.17) is 5.11 Å². The number of aromatic nitrogens is 2. The number of urea groups is 1. The molecule has 3 heterocycles. The second-order valence-electron chi connectivity index (χ2n) is 8.07. The highest BCUT2D eigenvalue weighted by atomic mass is 16.3. The molecule has 0 spiro atoms. The SMILES string of the molecule is Cc1ccc(NC(=O)N2CCN(c3ccc(N4CCN(CCO)CC4)nn3)CC2)cc1. The topological polar surface area (TPSA) is 88.1 Å². The summed E-state index contributed by atoms with van der Waals surface area (Å²) in [6.07, 6.45) is 0. The number of nitrogens with zero attached hydrogens (tertiary/aromatic N) is 6. The first-order valence-corrected chi connectivity index (χ1v) is 10.9. The number of anilines is 3. The Bertz CT molecular complexity index is 843. The van der Waals surface area contributed by atoms with Gasteiger partial charge in [-0.1, -0.05) is 17.7 Å². The lowest BCUT2D eigenvalue weighted by Crippen LogP contribution is -2.50. The molecule has 2 aromatic rings. The van der Waals surface area contributed by atoms with Crippen molar-refractivity contribution in [2.24, 2.45) is 0 Å². The average molecular weight is 426 g/mol. The zero-order valence-electron chi connectivity index (χ0n) is 18.1. The van der Waals surface area contributed by atoms with Gasteiger partial charge in [0.05, 0.1) is 6.61 Å². The molecule has 0 bridgehead atoms. The minimum atomic E-state index is -0.0646. The van der Waals surface area contributed by atoms with Gasteiger partial charge in [0, 0.05) is 64.6 Å². The summed E-state index contributed by atoms with van der Waals surface area (Å²) in [5, 5.41) is 20.9. The van der Waals surface area contributed by atoms with Crippen molar-refractivity contribution in [1.29, 1.82) is 0 Å². The summed E-state index contributed by atoms with van der Waals surface area (Å²) in [6, 6.07) is 11.8. The molecule has 9 nitrogen and oxygen atoms in total. The number of nitrogens with one attached hydrogen (secondary N) is 1. The molecule has 9 heteroatoms. The maximum Gasteiger partial charge on any atom is 0.321 e. The van der Waals surface area contributed by atoms with E-state index in [0.717, 1.165) is 63.1 Å². The number of aliphatic hydroxyl groups excluding tert-OH is 1. The van der Waals surface area contributed by atoms with Gasteiger partial charge in [-0.3, -0.25) is 4.90 Å². The highest BCUT2D eigenvalue weighted by molar-refractivity contribution is 5.89. The number of carbonyl (C=O) groups is 1. The van der Waals surface area contributed by atoms with Gasteiger partial charge in [0.25, 0.3) is 0 Å². The van der Waals surface area contributed by atoms with Crippen molar-refractivity contribution in [2.75, 3.05) is 80.6 Å². The number of amides is 2. The lowest BCUT2D eigenvalue weighted by atomic mass is 10.2. The van der Waals surface area contributed by atoms with Crippen molar-refractivity contribution in [3.05, 3.63) is 42.0 Å². The van der Waals surface area contributed by atoms with E-state index in [2.05, 4.69) is 30.2 Å². The summed E-state index contributed by atoms with van der Waals surface area (Å²) in [5.41, 5.74) is 1.99. The van der Waals surface area contributed by atoms with Crippen LogP contribution in [0.15, 0.2) is 36.4 Å². The van der Waals surface area contributed by atoms with Crippen LogP contribution in [0.4, 0.5) is 22.1 Å². The molecule has 2 N–H and O–H groups in total. The second-order valence-corrected chi connectivity index (χ2v) is 8.07. The molecule has 4 rings (SSSR count). The Kier molecular flexibility index (Phi) is 6.83. The van der Waals surface area contributed by atoms with Gasteiger partial charge in [0.2, 0.25) is 0 Å². The van der Waals surface area contributed by atoms with Crippen molar-refractivity contribution >= 4 is 23.4 Å². The van der Waals surface area contributed by atoms with Crippen LogP contribution in [0.1, 0.15) is 5.56 Å². The van der Waals surface area contributed by atoms with E-state index in [1.165, 1.54) is 5.56 Å². The lowest BCUT2D eigenvalue weighted by Gasteiger charge is -2.36. The van der Waals surface area contributed by atoms with E-state index < -0.39 is 0 Å². The summed E-state index contributed by atoms with van der Waals surface area (Å²) in [4.78, 5) is 21.0. The Labute approximate surface area is 183 Å². The van der Waals surface area contributed by atoms with Gasteiger partial charge >= 0.3 is 6.03 Å². The maximum absolute atomic E-state index is 12.5. The fourth-order valence-electron chi connectivity index (χ4n) is 3.98. The standard InChI is InChI=1S/C22H31N7O2/c1-18-2-4-19(5-3-18)23-22(31)29-14-12-28(13-15-29)21-7-6-20(24-25-21)27-10-8-26(9-11-27)16-17-30/h2-7,30H,8-17H2,1H3,(H,23,31). The first-order chi connectivity index (χ1) is 15.1. The molecular formula is C22H31N7O2. The normalized spacial score (nSPS) is 17.7. The van der Waals surface area contributed by atoms with Crippen LogP contribution in [0.5, 0.6) is 0 Å². The van der Waals surface area contributed by atoms with Crippen molar-refractivity contribution in [2.45, 2.75) is 6.92 Å².